The third kappa shape index (κ3) is 2.27. The van der Waals surface area contributed by atoms with E-state index in [-0.39, 0.29) is 0 Å². The van der Waals surface area contributed by atoms with Crippen molar-refractivity contribution in [1.29, 1.82) is 0 Å². The van der Waals surface area contributed by atoms with Crippen molar-refractivity contribution in [3.63, 3.8) is 0 Å². The molecule has 3 rings (SSSR count). The van der Waals surface area contributed by atoms with Gasteiger partial charge in [0.1, 0.15) is 0 Å². The van der Waals surface area contributed by atoms with Gasteiger partial charge in [0.05, 0.1) is 0 Å². The Kier molecular flexibility index (Phi) is 2.94. The zero-order valence-corrected chi connectivity index (χ0v) is 10.4. The maximum atomic E-state index is 5.48. The second-order valence-corrected chi connectivity index (χ2v) is 5.98. The molecule has 3 fully saturated rings. The SMILES string of the molecule is CC1(N2CCC(NC3CC3)C2)CCOCC1. The first-order chi connectivity index (χ1) is 7.76. The van der Waals surface area contributed by atoms with Crippen LogP contribution in [0.15, 0.2) is 0 Å². The van der Waals surface area contributed by atoms with Crippen molar-refractivity contribution >= 4 is 0 Å². The van der Waals surface area contributed by atoms with Crippen molar-refractivity contribution in [1.82, 2.24) is 10.2 Å². The number of likely N-dealkylation sites (tertiary alicyclic amines) is 1. The van der Waals surface area contributed by atoms with Crippen LogP contribution in [0.5, 0.6) is 0 Å². The molecule has 0 spiro atoms. The molecule has 2 heterocycles. The molecule has 1 unspecified atom stereocenters. The van der Waals surface area contributed by atoms with Crippen molar-refractivity contribution in [3.8, 4) is 0 Å². The molecule has 92 valence electrons. The lowest BCUT2D eigenvalue weighted by Gasteiger charge is -2.41. The fraction of sp³-hybridized carbons (Fsp3) is 1.00. The van der Waals surface area contributed by atoms with Crippen LogP contribution in [0.2, 0.25) is 0 Å². The summed E-state index contributed by atoms with van der Waals surface area (Å²) >= 11 is 0. The topological polar surface area (TPSA) is 24.5 Å². The molecule has 3 aliphatic rings. The van der Waals surface area contributed by atoms with Gasteiger partial charge in [0, 0.05) is 43.9 Å². The van der Waals surface area contributed by atoms with E-state index in [4.69, 9.17) is 4.74 Å². The summed E-state index contributed by atoms with van der Waals surface area (Å²) in [6.07, 6.45) is 6.57. The predicted molar refractivity (Wildman–Crippen MR) is 64.6 cm³/mol. The Hall–Kier alpha value is -0.120. The summed E-state index contributed by atoms with van der Waals surface area (Å²) in [7, 11) is 0. The average Bonchev–Trinajstić information content (AvgIpc) is 2.95. The van der Waals surface area contributed by atoms with Gasteiger partial charge in [-0.25, -0.2) is 0 Å². The molecule has 0 bridgehead atoms. The molecule has 16 heavy (non-hydrogen) atoms. The number of rotatable bonds is 3. The van der Waals surface area contributed by atoms with E-state index in [1.807, 2.05) is 0 Å². The highest BCUT2D eigenvalue weighted by atomic mass is 16.5. The molecule has 3 nitrogen and oxygen atoms in total. The van der Waals surface area contributed by atoms with Gasteiger partial charge in [-0.05, 0) is 39.0 Å². The highest BCUT2D eigenvalue weighted by Gasteiger charge is 2.39. The minimum absolute atomic E-state index is 0.415. The molecule has 1 saturated carbocycles. The maximum absolute atomic E-state index is 5.48. The molecule has 2 aliphatic heterocycles. The second kappa shape index (κ2) is 4.28. The largest absolute Gasteiger partial charge is 0.381 e. The molecule has 0 amide bonds. The van der Waals surface area contributed by atoms with Crippen LogP contribution >= 0.6 is 0 Å². The van der Waals surface area contributed by atoms with Crippen molar-refractivity contribution in [3.05, 3.63) is 0 Å². The highest BCUT2D eigenvalue weighted by Crippen LogP contribution is 2.31. The van der Waals surface area contributed by atoms with E-state index >= 15 is 0 Å². The molecule has 0 aromatic carbocycles. The third-order valence-electron chi connectivity index (χ3n) is 4.57. The van der Waals surface area contributed by atoms with Gasteiger partial charge >= 0.3 is 0 Å². The zero-order chi connectivity index (χ0) is 11.0. The number of hydrogen-bond donors (Lipinski definition) is 1. The Bertz CT molecular complexity index is 246. The summed E-state index contributed by atoms with van der Waals surface area (Å²) in [6, 6.07) is 1.61. The van der Waals surface area contributed by atoms with Gasteiger partial charge < -0.3 is 10.1 Å². The van der Waals surface area contributed by atoms with Crippen LogP contribution in [0.3, 0.4) is 0 Å². The summed E-state index contributed by atoms with van der Waals surface area (Å²) < 4.78 is 5.48. The Morgan fingerprint density at radius 1 is 1.12 bits per heavy atom. The number of hydrogen-bond acceptors (Lipinski definition) is 3. The number of nitrogens with zero attached hydrogens (tertiary/aromatic N) is 1. The standard InChI is InChI=1S/C13H24N2O/c1-13(5-8-16-9-6-13)15-7-4-12(10-15)14-11-2-3-11/h11-12,14H,2-10H2,1H3. The van der Waals surface area contributed by atoms with E-state index in [9.17, 15) is 0 Å². The van der Waals surface area contributed by atoms with Gasteiger partial charge in [-0.3, -0.25) is 4.90 Å². The van der Waals surface area contributed by atoms with Crippen molar-refractivity contribution in [2.24, 2.45) is 0 Å². The molecule has 1 atom stereocenters. The number of nitrogens with one attached hydrogen (secondary N) is 1. The Balaban J connectivity index is 1.54. The molecular weight excluding hydrogens is 200 g/mol. The first kappa shape index (κ1) is 11.0. The highest BCUT2D eigenvalue weighted by molar-refractivity contribution is 4.96. The van der Waals surface area contributed by atoms with Crippen LogP contribution in [0.4, 0.5) is 0 Å². The molecule has 1 N–H and O–H groups in total. The molecule has 3 heteroatoms. The third-order valence-corrected chi connectivity index (χ3v) is 4.57. The van der Waals surface area contributed by atoms with E-state index in [0.717, 1.165) is 25.3 Å². The lowest BCUT2D eigenvalue weighted by molar-refractivity contribution is -0.00969. The quantitative estimate of drug-likeness (QED) is 0.784. The van der Waals surface area contributed by atoms with E-state index in [2.05, 4.69) is 17.1 Å². The smallest absolute Gasteiger partial charge is 0.0483 e. The summed E-state index contributed by atoms with van der Waals surface area (Å²) in [5, 5.41) is 3.77. The van der Waals surface area contributed by atoms with Gasteiger partial charge in [-0.1, -0.05) is 0 Å². The summed E-state index contributed by atoms with van der Waals surface area (Å²) in [6.45, 7) is 6.87. The van der Waals surface area contributed by atoms with E-state index in [1.54, 1.807) is 0 Å². The fourth-order valence-corrected chi connectivity index (χ4v) is 3.10. The first-order valence-electron chi connectivity index (χ1n) is 6.85. The van der Waals surface area contributed by atoms with Crippen LogP contribution in [0.25, 0.3) is 0 Å². The van der Waals surface area contributed by atoms with Gasteiger partial charge in [0.2, 0.25) is 0 Å². The maximum Gasteiger partial charge on any atom is 0.0483 e. The van der Waals surface area contributed by atoms with Crippen molar-refractivity contribution in [2.45, 2.75) is 56.7 Å². The van der Waals surface area contributed by atoms with Crippen LogP contribution in [0.1, 0.15) is 39.0 Å². The Labute approximate surface area is 98.5 Å². The molecular formula is C13H24N2O. The molecule has 0 aromatic heterocycles. The Morgan fingerprint density at radius 3 is 2.56 bits per heavy atom. The van der Waals surface area contributed by atoms with Crippen LogP contribution in [0, 0.1) is 0 Å². The minimum Gasteiger partial charge on any atom is -0.381 e. The summed E-state index contributed by atoms with van der Waals surface area (Å²) in [4.78, 5) is 2.70. The zero-order valence-electron chi connectivity index (χ0n) is 10.4. The van der Waals surface area contributed by atoms with Crippen molar-refractivity contribution < 1.29 is 4.74 Å². The van der Waals surface area contributed by atoms with Crippen LogP contribution in [-0.2, 0) is 4.74 Å². The summed E-state index contributed by atoms with van der Waals surface area (Å²) in [5.74, 6) is 0. The van der Waals surface area contributed by atoms with E-state index < -0.39 is 0 Å². The lowest BCUT2D eigenvalue weighted by atomic mass is 9.91. The number of ether oxygens (including phenoxy) is 1. The Morgan fingerprint density at radius 2 is 1.88 bits per heavy atom. The second-order valence-electron chi connectivity index (χ2n) is 5.98. The normalized spacial score (nSPS) is 35.4. The van der Waals surface area contributed by atoms with Crippen LogP contribution < -0.4 is 5.32 Å². The van der Waals surface area contributed by atoms with Gasteiger partial charge in [0.15, 0.2) is 0 Å². The van der Waals surface area contributed by atoms with Crippen LogP contribution in [-0.4, -0.2) is 48.8 Å². The average molecular weight is 224 g/mol. The minimum atomic E-state index is 0.415. The van der Waals surface area contributed by atoms with Gasteiger partial charge in [-0.15, -0.1) is 0 Å². The molecule has 2 saturated heterocycles. The molecule has 1 aliphatic carbocycles. The van der Waals surface area contributed by atoms with Gasteiger partial charge in [0.25, 0.3) is 0 Å². The predicted octanol–water partition coefficient (Wildman–Crippen LogP) is 1.38. The lowest BCUT2D eigenvalue weighted by Crippen LogP contribution is -2.50. The van der Waals surface area contributed by atoms with E-state index in [1.165, 1.54) is 45.2 Å². The monoisotopic (exact) mass is 224 g/mol. The molecule has 0 radical (unpaired) electrons. The van der Waals surface area contributed by atoms with Crippen molar-refractivity contribution in [2.75, 3.05) is 26.3 Å². The fourth-order valence-electron chi connectivity index (χ4n) is 3.10. The van der Waals surface area contributed by atoms with Gasteiger partial charge in [-0.2, -0.15) is 0 Å². The molecule has 0 aromatic rings. The first-order valence-corrected chi connectivity index (χ1v) is 6.85. The van der Waals surface area contributed by atoms with E-state index in [0.29, 0.717) is 5.54 Å². The summed E-state index contributed by atoms with van der Waals surface area (Å²) in [5.41, 5.74) is 0.415.